The van der Waals surface area contributed by atoms with Crippen LogP contribution in [-0.4, -0.2) is 72.7 Å². The van der Waals surface area contributed by atoms with Crippen molar-refractivity contribution in [3.8, 4) is 0 Å². The fraction of sp³-hybridized carbons (Fsp3) is 0.684. The molecule has 0 spiro atoms. The molecule has 0 bridgehead atoms. The fourth-order valence-electron chi connectivity index (χ4n) is 10.6. The van der Waals surface area contributed by atoms with Gasteiger partial charge < -0.3 is 28.8 Å². The molecule has 1 saturated heterocycles. The van der Waals surface area contributed by atoms with E-state index in [1.54, 1.807) is 0 Å². The quantitative estimate of drug-likeness (QED) is 0.203. The van der Waals surface area contributed by atoms with Gasteiger partial charge in [-0.15, -0.1) is 0 Å². The van der Waals surface area contributed by atoms with Gasteiger partial charge in [-0.25, -0.2) is 0 Å². The molecule has 1 aliphatic heterocycles. The van der Waals surface area contributed by atoms with E-state index in [4.69, 9.17) is 23.7 Å². The lowest BCUT2D eigenvalue weighted by Crippen LogP contribution is -2.74. The van der Waals surface area contributed by atoms with E-state index in [-0.39, 0.29) is 25.0 Å². The number of aryl methyl sites for hydroxylation is 1. The number of fused-ring (bicyclic) bond motifs is 5. The lowest BCUT2D eigenvalue weighted by molar-refractivity contribution is -0.287. The monoisotopic (exact) mass is 668 g/mol. The summed E-state index contributed by atoms with van der Waals surface area (Å²) < 4.78 is 30.2. The van der Waals surface area contributed by atoms with Crippen LogP contribution in [0.4, 0.5) is 0 Å². The molecule has 10 heteroatoms. The van der Waals surface area contributed by atoms with Crippen molar-refractivity contribution in [3.63, 3.8) is 0 Å². The molecular formula is C38H52O10. The van der Waals surface area contributed by atoms with Gasteiger partial charge in [0.25, 0.3) is 0 Å². The summed E-state index contributed by atoms with van der Waals surface area (Å²) in [5.41, 5.74) is -1.62. The van der Waals surface area contributed by atoms with E-state index in [0.29, 0.717) is 32.3 Å². The van der Waals surface area contributed by atoms with E-state index in [1.165, 1.54) is 33.3 Å². The number of carbonyl (C=O) groups excluding carboxylic acids is 4. The maximum Gasteiger partial charge on any atom is 0.303 e. The number of esters is 4. The minimum absolute atomic E-state index is 0.0829. The topological polar surface area (TPSA) is 135 Å². The summed E-state index contributed by atoms with van der Waals surface area (Å²) in [4.78, 5) is 50.4. The van der Waals surface area contributed by atoms with Gasteiger partial charge in [-0.3, -0.25) is 19.2 Å². The highest BCUT2D eigenvalue weighted by Crippen LogP contribution is 2.72. The number of hydrogen-bond donors (Lipinski definition) is 1. The van der Waals surface area contributed by atoms with E-state index >= 15 is 0 Å². The van der Waals surface area contributed by atoms with Crippen LogP contribution in [0.25, 0.3) is 0 Å². The van der Waals surface area contributed by atoms with Gasteiger partial charge in [-0.2, -0.15) is 0 Å². The average molecular weight is 669 g/mol. The predicted octanol–water partition coefficient (Wildman–Crippen LogP) is 5.13. The second-order valence-electron chi connectivity index (χ2n) is 15.1. The molecule has 3 fully saturated rings. The zero-order valence-electron chi connectivity index (χ0n) is 29.4. The summed E-state index contributed by atoms with van der Waals surface area (Å²) in [6, 6.07) is 10.2. The van der Waals surface area contributed by atoms with Crippen LogP contribution in [0, 0.1) is 34.0 Å². The molecule has 10 nitrogen and oxygen atoms in total. The summed E-state index contributed by atoms with van der Waals surface area (Å²) >= 11 is 0. The highest BCUT2D eigenvalue weighted by molar-refractivity contribution is 5.68. The Hall–Kier alpha value is -3.24. The second kappa shape index (κ2) is 13.6. The van der Waals surface area contributed by atoms with Crippen LogP contribution in [-0.2, 0) is 49.3 Å². The van der Waals surface area contributed by atoms with E-state index in [1.807, 2.05) is 38.1 Å². The van der Waals surface area contributed by atoms with E-state index in [9.17, 15) is 24.3 Å². The summed E-state index contributed by atoms with van der Waals surface area (Å²) in [5, 5.41) is 12.8. The molecule has 48 heavy (non-hydrogen) atoms. The number of aliphatic hydroxyl groups is 1. The van der Waals surface area contributed by atoms with Crippen LogP contribution < -0.4 is 0 Å². The Kier molecular flexibility index (Phi) is 10.2. The van der Waals surface area contributed by atoms with Crippen LogP contribution >= 0.6 is 0 Å². The summed E-state index contributed by atoms with van der Waals surface area (Å²) in [6.45, 7) is 12.2. The molecule has 1 unspecified atom stereocenters. The van der Waals surface area contributed by atoms with Gasteiger partial charge in [0.2, 0.25) is 0 Å². The SMILES string of the molecule is CC(=O)OCC[C@]12COC[C@H]1[C@]1(C)CC[C@@H]3[C@@](C)(C1[C@H](OC(C)=O)[C@@H]2OC(C)=O)[C@H](OC(C)=O)C=C(C)[C@]3(O)CCCc1ccccc1. The molecule has 1 aromatic rings. The van der Waals surface area contributed by atoms with E-state index in [0.717, 1.165) is 18.4 Å². The van der Waals surface area contributed by atoms with E-state index in [2.05, 4.69) is 19.1 Å². The third-order valence-corrected chi connectivity index (χ3v) is 12.3. The normalized spacial score (nSPS) is 38.4. The highest BCUT2D eigenvalue weighted by atomic mass is 16.6. The van der Waals surface area contributed by atoms with Crippen molar-refractivity contribution in [2.75, 3.05) is 19.8 Å². The number of carbonyl (C=O) groups is 4. The number of hydrogen-bond acceptors (Lipinski definition) is 10. The molecular weight excluding hydrogens is 616 g/mol. The summed E-state index contributed by atoms with van der Waals surface area (Å²) in [7, 11) is 0. The lowest BCUT2D eigenvalue weighted by Gasteiger charge is -2.70. The van der Waals surface area contributed by atoms with Gasteiger partial charge >= 0.3 is 23.9 Å². The Balaban J connectivity index is 1.65. The average Bonchev–Trinajstić information content (AvgIpc) is 3.44. The largest absolute Gasteiger partial charge is 0.466 e. The van der Waals surface area contributed by atoms with Crippen LogP contribution in [0.3, 0.4) is 0 Å². The molecule has 3 aliphatic carbocycles. The molecule has 1 aromatic carbocycles. The molecule has 10 atom stereocenters. The molecule has 5 rings (SSSR count). The third kappa shape index (κ3) is 6.19. The summed E-state index contributed by atoms with van der Waals surface area (Å²) in [5.74, 6) is -3.03. The molecule has 2 saturated carbocycles. The van der Waals surface area contributed by atoms with Crippen molar-refractivity contribution < 1.29 is 48.0 Å². The Morgan fingerprint density at radius 2 is 1.56 bits per heavy atom. The van der Waals surface area contributed by atoms with Crippen LogP contribution in [0.2, 0.25) is 0 Å². The van der Waals surface area contributed by atoms with Crippen molar-refractivity contribution in [2.45, 2.75) is 111 Å². The predicted molar refractivity (Wildman–Crippen MR) is 175 cm³/mol. The zero-order valence-corrected chi connectivity index (χ0v) is 29.4. The third-order valence-electron chi connectivity index (χ3n) is 12.3. The van der Waals surface area contributed by atoms with Crippen molar-refractivity contribution in [1.82, 2.24) is 0 Å². The number of rotatable bonds is 10. The first-order chi connectivity index (χ1) is 22.6. The standard InChI is InChI=1S/C38H52O10/c1-23-20-31(46-25(3)40)36(7)29(38(23,43)16-11-14-28-12-9-8-10-13-28)15-17-35(6)30-21-44-22-37(30,18-19-45-24(2)39)34(48-27(5)42)32(33(35)36)47-26(4)41/h8-10,12-13,20,29-34,43H,11,14-19,21-22H2,1-7H3/t29-,30+,31-,32+,33?,34+,35+,36-,37+,38-/m1/s1. The first-order valence-corrected chi connectivity index (χ1v) is 17.3. The summed E-state index contributed by atoms with van der Waals surface area (Å²) in [6.07, 6.45) is 2.88. The molecule has 1 N–H and O–H groups in total. The fourth-order valence-corrected chi connectivity index (χ4v) is 10.6. The van der Waals surface area contributed by atoms with E-state index < -0.39 is 70.0 Å². The second-order valence-corrected chi connectivity index (χ2v) is 15.1. The Morgan fingerprint density at radius 3 is 2.19 bits per heavy atom. The minimum atomic E-state index is -1.23. The maximum atomic E-state index is 13.0. The van der Waals surface area contributed by atoms with Crippen molar-refractivity contribution >= 4 is 23.9 Å². The number of ether oxygens (including phenoxy) is 5. The molecule has 0 amide bonds. The van der Waals surface area contributed by atoms with Gasteiger partial charge in [0.05, 0.1) is 25.4 Å². The Morgan fingerprint density at radius 1 is 0.896 bits per heavy atom. The zero-order chi connectivity index (χ0) is 35.1. The molecule has 0 aromatic heterocycles. The van der Waals surface area contributed by atoms with Gasteiger partial charge in [-0.1, -0.05) is 44.2 Å². The smallest absolute Gasteiger partial charge is 0.303 e. The van der Waals surface area contributed by atoms with Crippen molar-refractivity contribution in [1.29, 1.82) is 0 Å². The minimum Gasteiger partial charge on any atom is -0.466 e. The van der Waals surface area contributed by atoms with Gasteiger partial charge in [0, 0.05) is 50.4 Å². The van der Waals surface area contributed by atoms with Crippen LogP contribution in [0.15, 0.2) is 42.0 Å². The van der Waals surface area contributed by atoms with Crippen molar-refractivity contribution in [2.24, 2.45) is 34.0 Å². The Bertz CT molecular complexity index is 1420. The molecule has 4 aliphatic rings. The number of benzene rings is 1. The molecule has 1 heterocycles. The first-order valence-electron chi connectivity index (χ1n) is 17.3. The van der Waals surface area contributed by atoms with Crippen molar-refractivity contribution in [3.05, 3.63) is 47.5 Å². The first kappa shape index (κ1) is 36.1. The van der Waals surface area contributed by atoms with Gasteiger partial charge in [0.15, 0.2) is 0 Å². The molecule has 0 radical (unpaired) electrons. The molecule has 264 valence electrons. The maximum absolute atomic E-state index is 13.0. The van der Waals surface area contributed by atoms with Gasteiger partial charge in [-0.05, 0) is 74.0 Å². The Labute approximate surface area is 283 Å². The highest BCUT2D eigenvalue weighted by Gasteiger charge is 2.76. The lowest BCUT2D eigenvalue weighted by atomic mass is 9.36. The van der Waals surface area contributed by atoms with Gasteiger partial charge in [0.1, 0.15) is 18.3 Å². The van der Waals surface area contributed by atoms with Crippen LogP contribution in [0.5, 0.6) is 0 Å². The van der Waals surface area contributed by atoms with Crippen LogP contribution in [0.1, 0.15) is 86.1 Å².